The van der Waals surface area contributed by atoms with Gasteiger partial charge in [0.15, 0.2) is 0 Å². The molecule has 0 saturated carbocycles. The van der Waals surface area contributed by atoms with Crippen LogP contribution in [0.25, 0.3) is 0 Å². The van der Waals surface area contributed by atoms with Gasteiger partial charge < -0.3 is 10.2 Å². The van der Waals surface area contributed by atoms with Crippen molar-refractivity contribution in [3.05, 3.63) is 23.9 Å². The molecule has 0 aliphatic carbocycles. The summed E-state index contributed by atoms with van der Waals surface area (Å²) in [5, 5.41) is 3.37. The maximum Gasteiger partial charge on any atom is 0.128 e. The highest BCUT2D eigenvalue weighted by atomic mass is 32.2. The van der Waals surface area contributed by atoms with Crippen LogP contribution in [-0.2, 0) is 10.8 Å². The van der Waals surface area contributed by atoms with E-state index in [0.717, 1.165) is 37.0 Å². The van der Waals surface area contributed by atoms with Crippen molar-refractivity contribution >= 4 is 16.6 Å². The van der Waals surface area contributed by atoms with Crippen molar-refractivity contribution < 1.29 is 4.21 Å². The van der Waals surface area contributed by atoms with E-state index < -0.39 is 10.8 Å². The Bertz CT molecular complexity index is 397. The second kappa shape index (κ2) is 6.29. The Labute approximate surface area is 111 Å². The predicted octanol–water partition coefficient (Wildman–Crippen LogP) is 1.32. The number of anilines is 1. The van der Waals surface area contributed by atoms with Crippen LogP contribution in [0.4, 0.5) is 5.82 Å². The highest BCUT2D eigenvalue weighted by Crippen LogP contribution is 2.17. The maximum atomic E-state index is 11.3. The largest absolute Gasteiger partial charge is 0.355 e. The SMILES string of the molecule is CCNC(C)c1ccc(N2CCS(=O)CC2)nc1. The van der Waals surface area contributed by atoms with Crippen LogP contribution < -0.4 is 10.2 Å². The van der Waals surface area contributed by atoms with Gasteiger partial charge in [-0.1, -0.05) is 13.0 Å². The highest BCUT2D eigenvalue weighted by molar-refractivity contribution is 7.85. The van der Waals surface area contributed by atoms with Crippen molar-refractivity contribution in [2.24, 2.45) is 0 Å². The lowest BCUT2D eigenvalue weighted by molar-refractivity contribution is 0.596. The molecular weight excluding hydrogens is 246 g/mol. The Hall–Kier alpha value is -0.940. The van der Waals surface area contributed by atoms with E-state index >= 15 is 0 Å². The van der Waals surface area contributed by atoms with E-state index in [1.54, 1.807) is 0 Å². The molecule has 1 unspecified atom stereocenters. The van der Waals surface area contributed by atoms with Gasteiger partial charge in [0.25, 0.3) is 0 Å². The normalized spacial score (nSPS) is 18.9. The third-order valence-electron chi connectivity index (χ3n) is 3.28. The summed E-state index contributed by atoms with van der Waals surface area (Å²) in [6.45, 7) is 6.90. The average Bonchev–Trinajstić information content (AvgIpc) is 2.40. The maximum absolute atomic E-state index is 11.3. The molecule has 0 spiro atoms. The molecule has 100 valence electrons. The zero-order chi connectivity index (χ0) is 13.0. The lowest BCUT2D eigenvalue weighted by Crippen LogP contribution is -2.38. The van der Waals surface area contributed by atoms with Gasteiger partial charge in [0.05, 0.1) is 0 Å². The number of hydrogen-bond donors (Lipinski definition) is 1. The van der Waals surface area contributed by atoms with Crippen molar-refractivity contribution in [3.8, 4) is 0 Å². The molecule has 0 aromatic carbocycles. The van der Waals surface area contributed by atoms with Crippen molar-refractivity contribution in [2.45, 2.75) is 19.9 Å². The lowest BCUT2D eigenvalue weighted by atomic mass is 10.1. The fourth-order valence-corrected chi connectivity index (χ4v) is 3.18. The molecule has 0 radical (unpaired) electrons. The van der Waals surface area contributed by atoms with E-state index in [9.17, 15) is 4.21 Å². The van der Waals surface area contributed by atoms with Crippen LogP contribution >= 0.6 is 0 Å². The Morgan fingerprint density at radius 1 is 1.44 bits per heavy atom. The number of aromatic nitrogens is 1. The second-order valence-electron chi connectivity index (χ2n) is 4.56. The van der Waals surface area contributed by atoms with E-state index in [1.807, 2.05) is 6.20 Å². The summed E-state index contributed by atoms with van der Waals surface area (Å²) in [6, 6.07) is 4.53. The molecule has 1 saturated heterocycles. The number of rotatable bonds is 4. The smallest absolute Gasteiger partial charge is 0.128 e. The molecule has 1 N–H and O–H groups in total. The second-order valence-corrected chi connectivity index (χ2v) is 6.26. The first-order chi connectivity index (χ1) is 8.70. The minimum absolute atomic E-state index is 0.338. The Balaban J connectivity index is 2.01. The molecule has 1 aliphatic heterocycles. The molecule has 2 heterocycles. The molecule has 1 aliphatic rings. The summed E-state index contributed by atoms with van der Waals surface area (Å²) < 4.78 is 11.3. The first-order valence-corrected chi connectivity index (χ1v) is 7.98. The van der Waals surface area contributed by atoms with Crippen LogP contribution in [0.5, 0.6) is 0 Å². The Kier molecular flexibility index (Phi) is 4.72. The summed E-state index contributed by atoms with van der Waals surface area (Å²) in [5.41, 5.74) is 1.21. The van der Waals surface area contributed by atoms with Gasteiger partial charge in [0, 0.05) is 47.6 Å². The van der Waals surface area contributed by atoms with Gasteiger partial charge in [-0.3, -0.25) is 4.21 Å². The zero-order valence-corrected chi connectivity index (χ0v) is 11.9. The molecule has 0 bridgehead atoms. The van der Waals surface area contributed by atoms with E-state index in [0.29, 0.717) is 6.04 Å². The van der Waals surface area contributed by atoms with Crippen LogP contribution in [0.15, 0.2) is 18.3 Å². The van der Waals surface area contributed by atoms with Gasteiger partial charge in [0.1, 0.15) is 5.82 Å². The average molecular weight is 267 g/mol. The molecule has 2 rings (SSSR count). The summed E-state index contributed by atoms with van der Waals surface area (Å²) in [5.74, 6) is 2.52. The van der Waals surface area contributed by atoms with E-state index in [2.05, 4.69) is 41.2 Å². The summed E-state index contributed by atoms with van der Waals surface area (Å²) in [6.07, 6.45) is 1.94. The van der Waals surface area contributed by atoms with Gasteiger partial charge in [-0.05, 0) is 25.1 Å². The van der Waals surface area contributed by atoms with E-state index in [4.69, 9.17) is 0 Å². The van der Waals surface area contributed by atoms with Gasteiger partial charge >= 0.3 is 0 Å². The quantitative estimate of drug-likeness (QED) is 0.894. The highest BCUT2D eigenvalue weighted by Gasteiger charge is 2.16. The molecular formula is C13H21N3OS. The minimum atomic E-state index is -0.629. The van der Waals surface area contributed by atoms with Crippen LogP contribution in [-0.4, -0.2) is 40.3 Å². The zero-order valence-electron chi connectivity index (χ0n) is 11.1. The molecule has 4 nitrogen and oxygen atoms in total. The predicted molar refractivity (Wildman–Crippen MR) is 76.4 cm³/mol. The number of nitrogens with zero attached hydrogens (tertiary/aromatic N) is 2. The van der Waals surface area contributed by atoms with Gasteiger partial charge in [0.2, 0.25) is 0 Å². The molecule has 18 heavy (non-hydrogen) atoms. The fraction of sp³-hybridized carbons (Fsp3) is 0.615. The number of nitrogens with one attached hydrogen (secondary N) is 1. The monoisotopic (exact) mass is 267 g/mol. The van der Waals surface area contributed by atoms with Crippen LogP contribution in [0.1, 0.15) is 25.5 Å². The van der Waals surface area contributed by atoms with Crippen LogP contribution in [0.2, 0.25) is 0 Å². The third kappa shape index (κ3) is 3.29. The minimum Gasteiger partial charge on any atom is -0.355 e. The van der Waals surface area contributed by atoms with Crippen molar-refractivity contribution in [1.29, 1.82) is 0 Å². The molecule has 1 aromatic rings. The van der Waals surface area contributed by atoms with E-state index in [-0.39, 0.29) is 0 Å². The van der Waals surface area contributed by atoms with Crippen molar-refractivity contribution in [3.63, 3.8) is 0 Å². The van der Waals surface area contributed by atoms with Gasteiger partial charge in [-0.25, -0.2) is 4.98 Å². The fourth-order valence-electron chi connectivity index (χ4n) is 2.13. The molecule has 0 amide bonds. The van der Waals surface area contributed by atoms with Crippen LogP contribution in [0.3, 0.4) is 0 Å². The standard InChI is InChI=1S/C13H21N3OS/c1-3-14-11(2)12-4-5-13(15-10-12)16-6-8-18(17)9-7-16/h4-5,10-11,14H,3,6-9H2,1-2H3. The van der Waals surface area contributed by atoms with Gasteiger partial charge in [-0.15, -0.1) is 0 Å². The van der Waals surface area contributed by atoms with Crippen molar-refractivity contribution in [1.82, 2.24) is 10.3 Å². The first kappa shape index (κ1) is 13.5. The van der Waals surface area contributed by atoms with E-state index in [1.165, 1.54) is 5.56 Å². The Morgan fingerprint density at radius 2 is 2.17 bits per heavy atom. The molecule has 5 heteroatoms. The molecule has 1 aromatic heterocycles. The topological polar surface area (TPSA) is 45.2 Å². The molecule has 1 fully saturated rings. The lowest BCUT2D eigenvalue weighted by Gasteiger charge is -2.27. The van der Waals surface area contributed by atoms with Crippen molar-refractivity contribution in [2.75, 3.05) is 36.0 Å². The van der Waals surface area contributed by atoms with Crippen LogP contribution in [0, 0.1) is 0 Å². The third-order valence-corrected chi connectivity index (χ3v) is 4.56. The summed E-state index contributed by atoms with van der Waals surface area (Å²) >= 11 is 0. The first-order valence-electron chi connectivity index (χ1n) is 6.50. The number of hydrogen-bond acceptors (Lipinski definition) is 4. The Morgan fingerprint density at radius 3 is 2.72 bits per heavy atom. The summed E-state index contributed by atoms with van der Waals surface area (Å²) in [4.78, 5) is 6.73. The van der Waals surface area contributed by atoms with Gasteiger partial charge in [-0.2, -0.15) is 0 Å². The molecule has 1 atom stereocenters. The number of pyridine rings is 1. The summed E-state index contributed by atoms with van der Waals surface area (Å²) in [7, 11) is -0.629.